The summed E-state index contributed by atoms with van der Waals surface area (Å²) in [6.07, 6.45) is 66.7. The smallest absolute Gasteiger partial charge is 0.306 e. The van der Waals surface area contributed by atoms with Crippen molar-refractivity contribution in [2.75, 3.05) is 47.5 Å². The van der Waals surface area contributed by atoms with Gasteiger partial charge in [0.05, 0.1) is 40.3 Å². The van der Waals surface area contributed by atoms with Gasteiger partial charge in [-0.25, -0.2) is 0 Å². The summed E-state index contributed by atoms with van der Waals surface area (Å²) < 4.78 is 22.7. The molecule has 0 heterocycles. The number of aliphatic carboxylic acids is 1. The fourth-order valence-corrected chi connectivity index (χ4v) is 9.32. The molecule has 0 bridgehead atoms. The van der Waals surface area contributed by atoms with Gasteiger partial charge >= 0.3 is 11.9 Å². The van der Waals surface area contributed by atoms with E-state index in [9.17, 15) is 19.5 Å². The third-order valence-corrected chi connectivity index (χ3v) is 14.2. The number of unbranched alkanes of at least 4 members (excludes halogenated alkanes) is 38. The fraction of sp³-hybridized carbons (Fsp3) is 0.862. The standard InChI is InChI=1S/C65H121NO8/c1-6-8-10-12-14-16-18-20-22-23-24-25-26-27-28-29-30-31-32-33-34-35-36-37-38-39-40-42-43-45-47-49-51-53-55-62(67)72-59-61(60-73-65(64(69)70)71-58-57-66(3,4)5)74-63(68)56-54-52-50-48-46-44-41-21-19-17-15-13-11-9-7-2/h9,11,15,17,21,41,61,65H,6-8,10,12-14,16,18-20,22-40,42-60H2,1-5H3/b11-9-,17-15-,41-21-. The van der Waals surface area contributed by atoms with Crippen LogP contribution < -0.4 is 5.11 Å². The molecule has 0 saturated heterocycles. The summed E-state index contributed by atoms with van der Waals surface area (Å²) in [6.45, 7) is 4.65. The number of likely N-dealkylation sites (N-methyl/N-ethyl adjacent to an activating group) is 1. The minimum absolute atomic E-state index is 0.145. The van der Waals surface area contributed by atoms with Crippen LogP contribution in [0.4, 0.5) is 0 Å². The van der Waals surface area contributed by atoms with Crippen molar-refractivity contribution in [1.29, 1.82) is 0 Å². The average molecular weight is 1040 g/mol. The van der Waals surface area contributed by atoms with Crippen molar-refractivity contribution >= 4 is 17.9 Å². The summed E-state index contributed by atoms with van der Waals surface area (Å²) in [7, 11) is 5.92. The van der Waals surface area contributed by atoms with Crippen LogP contribution in [0.25, 0.3) is 0 Å². The molecule has 0 aliphatic heterocycles. The summed E-state index contributed by atoms with van der Waals surface area (Å²) in [5, 5.41) is 11.8. The zero-order valence-electron chi connectivity index (χ0n) is 49.5. The molecule has 0 N–H and O–H groups in total. The van der Waals surface area contributed by atoms with Crippen molar-refractivity contribution in [2.45, 2.75) is 315 Å². The molecule has 0 aromatic rings. The molecule has 0 rings (SSSR count). The molecule has 74 heavy (non-hydrogen) atoms. The van der Waals surface area contributed by atoms with Gasteiger partial charge in [0, 0.05) is 12.8 Å². The second-order valence-corrected chi connectivity index (χ2v) is 22.7. The van der Waals surface area contributed by atoms with E-state index in [1.807, 2.05) is 21.1 Å². The molecule has 0 fully saturated rings. The molecule has 0 saturated carbocycles. The summed E-state index contributed by atoms with van der Waals surface area (Å²) in [5.41, 5.74) is 0. The lowest BCUT2D eigenvalue weighted by atomic mass is 10.0. The lowest BCUT2D eigenvalue weighted by Gasteiger charge is -2.26. The second kappa shape index (κ2) is 56.7. The van der Waals surface area contributed by atoms with Crippen molar-refractivity contribution < 1.29 is 42.9 Å². The number of carboxylic acid groups (broad SMARTS) is 1. The Labute approximate surface area is 458 Å². The first-order valence-corrected chi connectivity index (χ1v) is 31.6. The van der Waals surface area contributed by atoms with Gasteiger partial charge in [0.2, 0.25) is 0 Å². The number of carbonyl (C=O) groups excluding carboxylic acids is 3. The molecular formula is C65H121NO8. The van der Waals surface area contributed by atoms with Crippen LogP contribution in [0.5, 0.6) is 0 Å². The Morgan fingerprint density at radius 2 is 0.770 bits per heavy atom. The number of hydrogen-bond acceptors (Lipinski definition) is 8. The molecule has 2 atom stereocenters. The van der Waals surface area contributed by atoms with Gasteiger partial charge in [-0.15, -0.1) is 0 Å². The van der Waals surface area contributed by atoms with Crippen LogP contribution >= 0.6 is 0 Å². The number of hydrogen-bond donors (Lipinski definition) is 0. The highest BCUT2D eigenvalue weighted by molar-refractivity contribution is 5.70. The maximum Gasteiger partial charge on any atom is 0.306 e. The van der Waals surface area contributed by atoms with Crippen molar-refractivity contribution in [3.8, 4) is 0 Å². The minimum atomic E-state index is -1.62. The van der Waals surface area contributed by atoms with Crippen LogP contribution in [0.1, 0.15) is 303 Å². The van der Waals surface area contributed by atoms with E-state index >= 15 is 0 Å². The number of nitrogens with zero attached hydrogens (tertiary/aromatic N) is 1. The van der Waals surface area contributed by atoms with Gasteiger partial charge in [-0.1, -0.05) is 281 Å². The largest absolute Gasteiger partial charge is 0.545 e. The molecule has 0 aliphatic rings. The second-order valence-electron chi connectivity index (χ2n) is 22.7. The van der Waals surface area contributed by atoms with Crippen molar-refractivity contribution in [3.63, 3.8) is 0 Å². The average Bonchev–Trinajstić information content (AvgIpc) is 3.37. The summed E-state index contributed by atoms with van der Waals surface area (Å²) in [4.78, 5) is 37.3. The Morgan fingerprint density at radius 1 is 0.419 bits per heavy atom. The van der Waals surface area contributed by atoms with Crippen LogP contribution in [0.3, 0.4) is 0 Å². The van der Waals surface area contributed by atoms with E-state index < -0.39 is 24.3 Å². The van der Waals surface area contributed by atoms with Gasteiger partial charge < -0.3 is 33.3 Å². The molecule has 0 aliphatic carbocycles. The number of carbonyl (C=O) groups is 3. The maximum atomic E-state index is 12.8. The Balaban J connectivity index is 3.99. The highest BCUT2D eigenvalue weighted by Crippen LogP contribution is 2.18. The molecule has 9 nitrogen and oxygen atoms in total. The van der Waals surface area contributed by atoms with E-state index in [0.717, 1.165) is 70.6 Å². The SMILES string of the molecule is CC/C=C\C/C=C\C/C=C\CCCCCCCC(=O)OC(COC(=O)CCCCCCCCCCCCCCCCCCCCCCCCCCCCCCCCCCCC)COC(OCC[N+](C)(C)C)C(=O)[O-]. The fourth-order valence-electron chi connectivity index (χ4n) is 9.32. The Morgan fingerprint density at radius 3 is 1.15 bits per heavy atom. The van der Waals surface area contributed by atoms with Gasteiger partial charge in [-0.2, -0.15) is 0 Å². The van der Waals surface area contributed by atoms with Gasteiger partial charge in [0.25, 0.3) is 0 Å². The van der Waals surface area contributed by atoms with E-state index in [-0.39, 0.29) is 32.2 Å². The van der Waals surface area contributed by atoms with Crippen LogP contribution in [-0.4, -0.2) is 82.3 Å². The lowest BCUT2D eigenvalue weighted by molar-refractivity contribution is -0.870. The molecule has 0 amide bonds. The first-order valence-electron chi connectivity index (χ1n) is 31.6. The molecule has 0 aromatic heterocycles. The molecule has 2 unspecified atom stereocenters. The number of carboxylic acids is 1. The zero-order valence-corrected chi connectivity index (χ0v) is 49.5. The molecule has 0 aromatic carbocycles. The normalized spacial score (nSPS) is 12.9. The predicted molar refractivity (Wildman–Crippen MR) is 311 cm³/mol. The van der Waals surface area contributed by atoms with E-state index in [2.05, 4.69) is 50.3 Å². The molecule has 0 radical (unpaired) electrons. The number of esters is 2. The number of quaternary nitrogens is 1. The maximum absolute atomic E-state index is 12.8. The lowest BCUT2D eigenvalue weighted by Crippen LogP contribution is -2.44. The predicted octanol–water partition coefficient (Wildman–Crippen LogP) is 17.5. The Kier molecular flexibility index (Phi) is 54.8. The summed E-state index contributed by atoms with van der Waals surface area (Å²) in [6, 6.07) is 0. The summed E-state index contributed by atoms with van der Waals surface area (Å²) in [5.74, 6) is -2.29. The van der Waals surface area contributed by atoms with Gasteiger partial charge in [-0.05, 0) is 44.9 Å². The van der Waals surface area contributed by atoms with E-state index in [0.29, 0.717) is 23.9 Å². The van der Waals surface area contributed by atoms with Crippen LogP contribution in [-0.2, 0) is 33.3 Å². The first kappa shape index (κ1) is 71.5. The third-order valence-electron chi connectivity index (χ3n) is 14.2. The van der Waals surface area contributed by atoms with Crippen molar-refractivity contribution in [1.82, 2.24) is 0 Å². The van der Waals surface area contributed by atoms with Crippen molar-refractivity contribution in [2.24, 2.45) is 0 Å². The molecular weight excluding hydrogens is 923 g/mol. The minimum Gasteiger partial charge on any atom is -0.545 e. The van der Waals surface area contributed by atoms with Gasteiger partial charge in [0.15, 0.2) is 12.4 Å². The quantitative estimate of drug-likeness (QED) is 0.0195. The Bertz CT molecular complexity index is 1310. The highest BCUT2D eigenvalue weighted by Gasteiger charge is 2.22. The number of ether oxygens (including phenoxy) is 4. The molecule has 0 spiro atoms. The van der Waals surface area contributed by atoms with Gasteiger partial charge in [0.1, 0.15) is 13.2 Å². The van der Waals surface area contributed by atoms with Gasteiger partial charge in [-0.3, -0.25) is 9.59 Å². The number of rotatable bonds is 59. The summed E-state index contributed by atoms with van der Waals surface area (Å²) >= 11 is 0. The molecule has 434 valence electrons. The van der Waals surface area contributed by atoms with E-state index in [4.69, 9.17) is 18.9 Å². The monoisotopic (exact) mass is 1040 g/mol. The first-order chi connectivity index (χ1) is 36.1. The number of allylic oxidation sites excluding steroid dienone is 6. The topological polar surface area (TPSA) is 111 Å². The van der Waals surface area contributed by atoms with Crippen LogP contribution in [0, 0.1) is 0 Å². The zero-order chi connectivity index (χ0) is 54.1. The van der Waals surface area contributed by atoms with Crippen molar-refractivity contribution in [3.05, 3.63) is 36.5 Å². The Hall–Kier alpha value is -2.49. The molecule has 9 heteroatoms. The van der Waals surface area contributed by atoms with Crippen LogP contribution in [0.15, 0.2) is 36.5 Å². The highest BCUT2D eigenvalue weighted by atomic mass is 16.7. The third kappa shape index (κ3) is 57.2. The van der Waals surface area contributed by atoms with E-state index in [1.165, 1.54) is 199 Å². The van der Waals surface area contributed by atoms with E-state index in [1.54, 1.807) is 0 Å². The van der Waals surface area contributed by atoms with Crippen LogP contribution in [0.2, 0.25) is 0 Å².